The molecule has 0 spiro atoms. The van der Waals surface area contributed by atoms with Gasteiger partial charge in [0.05, 0.1) is 0 Å². The predicted molar refractivity (Wildman–Crippen MR) is 58.4 cm³/mol. The third kappa shape index (κ3) is 1.49. The minimum atomic E-state index is 0.848. The van der Waals surface area contributed by atoms with Gasteiger partial charge in [-0.05, 0) is 45.6 Å². The summed E-state index contributed by atoms with van der Waals surface area (Å²) in [7, 11) is 2.36. The summed E-state index contributed by atoms with van der Waals surface area (Å²) in [6.45, 7) is 0. The van der Waals surface area contributed by atoms with E-state index in [1.165, 1.54) is 44.9 Å². The van der Waals surface area contributed by atoms with Gasteiger partial charge in [-0.3, -0.25) is 0 Å². The van der Waals surface area contributed by atoms with Crippen molar-refractivity contribution in [3.8, 4) is 0 Å². The van der Waals surface area contributed by atoms with Crippen LogP contribution in [0.5, 0.6) is 0 Å². The molecule has 2 saturated heterocycles. The second kappa shape index (κ2) is 3.49. The lowest BCUT2D eigenvalue weighted by Crippen LogP contribution is -2.51. The first-order valence-electron chi connectivity index (χ1n) is 6.31. The van der Waals surface area contributed by atoms with Gasteiger partial charge in [0.2, 0.25) is 0 Å². The quantitative estimate of drug-likeness (QED) is 0.720. The summed E-state index contributed by atoms with van der Waals surface area (Å²) in [5.41, 5.74) is 0. The maximum Gasteiger partial charge on any atom is 0.0125 e. The number of hydrogen-bond donors (Lipinski definition) is 1. The van der Waals surface area contributed by atoms with Crippen molar-refractivity contribution in [1.29, 1.82) is 0 Å². The number of rotatable bonds is 2. The van der Waals surface area contributed by atoms with Crippen LogP contribution in [0.15, 0.2) is 0 Å². The van der Waals surface area contributed by atoms with Crippen molar-refractivity contribution in [2.24, 2.45) is 0 Å². The standard InChI is InChI=1S/C12H22N2/c1-14(11-3-2-4-11)12-7-9-5-6-10(8-12)13-9/h9-13H,2-8H2,1H3. The highest BCUT2D eigenvalue weighted by Crippen LogP contribution is 2.33. The Morgan fingerprint density at radius 1 is 0.929 bits per heavy atom. The van der Waals surface area contributed by atoms with Gasteiger partial charge in [0.15, 0.2) is 0 Å². The largest absolute Gasteiger partial charge is 0.311 e. The van der Waals surface area contributed by atoms with Gasteiger partial charge in [-0.2, -0.15) is 0 Å². The van der Waals surface area contributed by atoms with Crippen molar-refractivity contribution in [2.45, 2.75) is 69.1 Å². The van der Waals surface area contributed by atoms with E-state index in [4.69, 9.17) is 0 Å². The highest BCUT2D eigenvalue weighted by atomic mass is 15.2. The Balaban J connectivity index is 1.61. The lowest BCUT2D eigenvalue weighted by molar-refractivity contribution is 0.0799. The Kier molecular flexibility index (Phi) is 2.29. The maximum atomic E-state index is 3.72. The highest BCUT2D eigenvalue weighted by Gasteiger charge is 2.37. The molecule has 3 aliphatic rings. The topological polar surface area (TPSA) is 15.3 Å². The predicted octanol–water partition coefficient (Wildman–Crippen LogP) is 1.75. The molecule has 0 aromatic carbocycles. The molecule has 1 aliphatic carbocycles. The molecular weight excluding hydrogens is 172 g/mol. The third-order valence-electron chi connectivity index (χ3n) is 4.67. The molecule has 0 radical (unpaired) electrons. The van der Waals surface area contributed by atoms with E-state index in [9.17, 15) is 0 Å². The smallest absolute Gasteiger partial charge is 0.0125 e. The summed E-state index contributed by atoms with van der Waals surface area (Å²) in [4.78, 5) is 2.69. The molecule has 14 heavy (non-hydrogen) atoms. The number of nitrogens with one attached hydrogen (secondary N) is 1. The molecule has 2 bridgehead atoms. The first kappa shape index (κ1) is 9.17. The highest BCUT2D eigenvalue weighted by molar-refractivity contribution is 4.96. The molecule has 0 amide bonds. The summed E-state index contributed by atoms with van der Waals surface area (Å²) >= 11 is 0. The molecule has 2 heteroatoms. The molecule has 2 unspecified atom stereocenters. The van der Waals surface area contributed by atoms with Crippen LogP contribution < -0.4 is 5.32 Å². The third-order valence-corrected chi connectivity index (χ3v) is 4.67. The van der Waals surface area contributed by atoms with Gasteiger partial charge in [0.25, 0.3) is 0 Å². The summed E-state index contributed by atoms with van der Waals surface area (Å²) in [6.07, 6.45) is 10.0. The van der Waals surface area contributed by atoms with E-state index in [0.29, 0.717) is 0 Å². The Morgan fingerprint density at radius 2 is 1.57 bits per heavy atom. The van der Waals surface area contributed by atoms with Gasteiger partial charge in [-0.1, -0.05) is 6.42 Å². The SMILES string of the molecule is CN(C1CCC1)C1CC2CCC(C1)N2. The van der Waals surface area contributed by atoms with Crippen LogP contribution in [0.1, 0.15) is 44.9 Å². The molecular formula is C12H22N2. The molecule has 0 aromatic rings. The fraction of sp³-hybridized carbons (Fsp3) is 1.00. The molecule has 2 nitrogen and oxygen atoms in total. The minimum Gasteiger partial charge on any atom is -0.311 e. The van der Waals surface area contributed by atoms with Crippen LogP contribution in [0, 0.1) is 0 Å². The fourth-order valence-corrected chi connectivity index (χ4v) is 3.45. The van der Waals surface area contributed by atoms with Crippen LogP contribution in [-0.4, -0.2) is 36.1 Å². The Labute approximate surface area is 87.0 Å². The van der Waals surface area contributed by atoms with E-state index in [0.717, 1.165) is 24.2 Å². The van der Waals surface area contributed by atoms with Crippen molar-refractivity contribution < 1.29 is 0 Å². The zero-order valence-corrected chi connectivity index (χ0v) is 9.21. The zero-order valence-electron chi connectivity index (χ0n) is 9.21. The molecule has 2 aliphatic heterocycles. The first-order chi connectivity index (χ1) is 6.83. The van der Waals surface area contributed by atoms with Crippen molar-refractivity contribution >= 4 is 0 Å². The van der Waals surface area contributed by atoms with Gasteiger partial charge >= 0.3 is 0 Å². The summed E-state index contributed by atoms with van der Waals surface area (Å²) < 4.78 is 0. The lowest BCUT2D eigenvalue weighted by Gasteiger charge is -2.43. The van der Waals surface area contributed by atoms with Gasteiger partial charge in [-0.25, -0.2) is 0 Å². The van der Waals surface area contributed by atoms with E-state index in [1.807, 2.05) is 0 Å². The molecule has 3 rings (SSSR count). The summed E-state index contributed by atoms with van der Waals surface area (Å²) in [6, 6.07) is 3.51. The average molecular weight is 194 g/mol. The second-order valence-electron chi connectivity index (χ2n) is 5.51. The van der Waals surface area contributed by atoms with Crippen molar-refractivity contribution in [1.82, 2.24) is 10.2 Å². The van der Waals surface area contributed by atoms with Crippen molar-refractivity contribution in [3.63, 3.8) is 0 Å². The van der Waals surface area contributed by atoms with Crippen LogP contribution >= 0.6 is 0 Å². The van der Waals surface area contributed by atoms with Gasteiger partial charge in [0, 0.05) is 24.2 Å². The van der Waals surface area contributed by atoms with E-state index in [2.05, 4.69) is 17.3 Å². The van der Waals surface area contributed by atoms with Gasteiger partial charge in [0.1, 0.15) is 0 Å². The number of nitrogens with zero attached hydrogens (tertiary/aromatic N) is 1. The van der Waals surface area contributed by atoms with Gasteiger partial charge in [-0.15, -0.1) is 0 Å². The van der Waals surface area contributed by atoms with E-state index >= 15 is 0 Å². The molecule has 80 valence electrons. The van der Waals surface area contributed by atoms with Crippen LogP contribution in [0.2, 0.25) is 0 Å². The monoisotopic (exact) mass is 194 g/mol. The van der Waals surface area contributed by atoms with E-state index < -0.39 is 0 Å². The Bertz CT molecular complexity index is 200. The minimum absolute atomic E-state index is 0.848. The number of piperidine rings is 1. The zero-order chi connectivity index (χ0) is 9.54. The lowest BCUT2D eigenvalue weighted by atomic mass is 9.88. The molecule has 1 N–H and O–H groups in total. The molecule has 3 fully saturated rings. The van der Waals surface area contributed by atoms with Crippen molar-refractivity contribution in [2.75, 3.05) is 7.05 Å². The first-order valence-corrected chi connectivity index (χ1v) is 6.31. The van der Waals surface area contributed by atoms with E-state index in [1.54, 1.807) is 0 Å². The van der Waals surface area contributed by atoms with Crippen LogP contribution in [0.4, 0.5) is 0 Å². The summed E-state index contributed by atoms with van der Waals surface area (Å²) in [5.74, 6) is 0. The maximum absolute atomic E-state index is 3.72. The van der Waals surface area contributed by atoms with Crippen LogP contribution in [0.25, 0.3) is 0 Å². The van der Waals surface area contributed by atoms with E-state index in [-0.39, 0.29) is 0 Å². The molecule has 2 heterocycles. The number of hydrogen-bond acceptors (Lipinski definition) is 2. The van der Waals surface area contributed by atoms with Crippen LogP contribution in [-0.2, 0) is 0 Å². The average Bonchev–Trinajstić information content (AvgIpc) is 2.42. The normalized spacial score (nSPS) is 42.9. The van der Waals surface area contributed by atoms with Crippen molar-refractivity contribution in [3.05, 3.63) is 0 Å². The van der Waals surface area contributed by atoms with Gasteiger partial charge < -0.3 is 10.2 Å². The molecule has 0 aromatic heterocycles. The summed E-state index contributed by atoms with van der Waals surface area (Å²) in [5, 5.41) is 3.72. The second-order valence-corrected chi connectivity index (χ2v) is 5.51. The van der Waals surface area contributed by atoms with Crippen LogP contribution in [0.3, 0.4) is 0 Å². The number of fused-ring (bicyclic) bond motifs is 2. The molecule has 2 atom stereocenters. The molecule has 1 saturated carbocycles. The fourth-order valence-electron chi connectivity index (χ4n) is 3.45. The Hall–Kier alpha value is -0.0800. The Morgan fingerprint density at radius 3 is 2.07 bits per heavy atom.